The number of carbonyl (C=O) groups is 1. The van der Waals surface area contributed by atoms with E-state index in [0.29, 0.717) is 10.2 Å². The number of nitrogens with zero attached hydrogens (tertiary/aromatic N) is 4. The van der Waals surface area contributed by atoms with Crippen LogP contribution in [0.3, 0.4) is 0 Å². The number of thiophene rings is 1. The molecule has 2 aromatic rings. The van der Waals surface area contributed by atoms with Crippen LogP contribution in [-0.4, -0.2) is 31.3 Å². The average Bonchev–Trinajstić information content (AvgIpc) is 2.72. The van der Waals surface area contributed by atoms with Gasteiger partial charge in [-0.15, -0.1) is 16.4 Å². The van der Waals surface area contributed by atoms with E-state index in [1.165, 1.54) is 16.0 Å². The highest BCUT2D eigenvalue weighted by molar-refractivity contribution is 7.19. The van der Waals surface area contributed by atoms with Gasteiger partial charge in [0.15, 0.2) is 5.82 Å². The summed E-state index contributed by atoms with van der Waals surface area (Å²) in [5.41, 5.74) is 0. The third-order valence-corrected chi connectivity index (χ3v) is 2.84. The van der Waals surface area contributed by atoms with Crippen molar-refractivity contribution in [3.8, 4) is 10.7 Å². The van der Waals surface area contributed by atoms with Gasteiger partial charge in [0.05, 0.1) is 9.21 Å². The molecule has 0 aromatic carbocycles. The average molecular weight is 245 g/mol. The van der Waals surface area contributed by atoms with Gasteiger partial charge in [-0.2, -0.15) is 0 Å². The van der Waals surface area contributed by atoms with Crippen molar-refractivity contribution in [3.05, 3.63) is 16.5 Å². The summed E-state index contributed by atoms with van der Waals surface area (Å²) in [5, 5.41) is 19.4. The summed E-state index contributed by atoms with van der Waals surface area (Å²) in [6.45, 7) is -0.266. The Hall–Kier alpha value is -1.47. The van der Waals surface area contributed by atoms with Gasteiger partial charge < -0.3 is 5.11 Å². The monoisotopic (exact) mass is 244 g/mol. The van der Waals surface area contributed by atoms with E-state index in [2.05, 4.69) is 15.5 Å². The fraction of sp³-hybridized carbons (Fsp3) is 0.143. The van der Waals surface area contributed by atoms with E-state index < -0.39 is 5.97 Å². The second-order valence-electron chi connectivity index (χ2n) is 2.66. The number of hydrogen-bond acceptors (Lipinski definition) is 5. The molecule has 0 saturated carbocycles. The molecular weight excluding hydrogens is 240 g/mol. The molecule has 0 saturated heterocycles. The lowest BCUT2D eigenvalue weighted by Gasteiger charge is -1.97. The highest BCUT2D eigenvalue weighted by Crippen LogP contribution is 2.28. The predicted molar refractivity (Wildman–Crippen MR) is 53.8 cm³/mol. The molecular formula is C7H5ClN4O2S. The summed E-state index contributed by atoms with van der Waals surface area (Å²) < 4.78 is 1.82. The van der Waals surface area contributed by atoms with E-state index in [1.54, 1.807) is 12.1 Å². The van der Waals surface area contributed by atoms with Gasteiger partial charge >= 0.3 is 5.97 Å². The SMILES string of the molecule is O=C(O)Cn1nnnc1-c1ccc(Cl)s1. The zero-order valence-corrected chi connectivity index (χ0v) is 8.86. The Labute approximate surface area is 93.1 Å². The largest absolute Gasteiger partial charge is 0.480 e. The number of aromatic nitrogens is 4. The molecule has 0 aliphatic carbocycles. The van der Waals surface area contributed by atoms with Crippen molar-refractivity contribution in [1.82, 2.24) is 20.2 Å². The van der Waals surface area contributed by atoms with Crippen LogP contribution in [0, 0.1) is 0 Å². The molecule has 0 bridgehead atoms. The van der Waals surface area contributed by atoms with Gasteiger partial charge in [0, 0.05) is 0 Å². The first-order chi connectivity index (χ1) is 7.16. The normalized spacial score (nSPS) is 10.5. The maximum atomic E-state index is 10.5. The molecule has 0 aliphatic rings. The molecule has 0 spiro atoms. The molecule has 78 valence electrons. The zero-order chi connectivity index (χ0) is 10.8. The lowest BCUT2D eigenvalue weighted by atomic mass is 10.4. The summed E-state index contributed by atoms with van der Waals surface area (Å²) in [5.74, 6) is -0.583. The van der Waals surface area contributed by atoms with Crippen molar-refractivity contribution in [3.63, 3.8) is 0 Å². The van der Waals surface area contributed by atoms with Gasteiger partial charge in [-0.1, -0.05) is 11.6 Å². The highest BCUT2D eigenvalue weighted by Gasteiger charge is 2.13. The molecule has 8 heteroatoms. The van der Waals surface area contributed by atoms with E-state index in [1.807, 2.05) is 0 Å². The van der Waals surface area contributed by atoms with Crippen LogP contribution in [0.4, 0.5) is 0 Å². The molecule has 1 N–H and O–H groups in total. The Kier molecular flexibility index (Phi) is 2.65. The smallest absolute Gasteiger partial charge is 0.325 e. The van der Waals surface area contributed by atoms with Crippen molar-refractivity contribution in [1.29, 1.82) is 0 Å². The minimum absolute atomic E-state index is 0.266. The van der Waals surface area contributed by atoms with Gasteiger partial charge in [-0.25, -0.2) is 4.68 Å². The fourth-order valence-corrected chi connectivity index (χ4v) is 2.08. The Balaban J connectivity index is 2.36. The maximum absolute atomic E-state index is 10.5. The minimum atomic E-state index is -0.994. The maximum Gasteiger partial charge on any atom is 0.325 e. The summed E-state index contributed by atoms with van der Waals surface area (Å²) >= 11 is 7.06. The Morgan fingerprint density at radius 2 is 2.40 bits per heavy atom. The number of tetrazole rings is 1. The number of rotatable bonds is 3. The quantitative estimate of drug-likeness (QED) is 0.876. The van der Waals surface area contributed by atoms with Crippen molar-refractivity contribution >= 4 is 28.9 Å². The van der Waals surface area contributed by atoms with Crippen LogP contribution in [0.5, 0.6) is 0 Å². The topological polar surface area (TPSA) is 80.9 Å². The van der Waals surface area contributed by atoms with Crippen LogP contribution in [0.1, 0.15) is 0 Å². The predicted octanol–water partition coefficient (Wildman–Crippen LogP) is 1.14. The Morgan fingerprint density at radius 3 is 3.00 bits per heavy atom. The Bertz CT molecular complexity index is 495. The number of halogens is 1. The molecule has 0 aliphatic heterocycles. The van der Waals surface area contributed by atoms with Crippen LogP contribution in [0.2, 0.25) is 4.34 Å². The summed E-state index contributed by atoms with van der Waals surface area (Å²) in [4.78, 5) is 11.3. The molecule has 0 radical (unpaired) electrons. The van der Waals surface area contributed by atoms with Crippen LogP contribution < -0.4 is 0 Å². The second-order valence-corrected chi connectivity index (χ2v) is 4.37. The van der Waals surface area contributed by atoms with E-state index >= 15 is 0 Å². The number of carboxylic acid groups (broad SMARTS) is 1. The van der Waals surface area contributed by atoms with Crippen molar-refractivity contribution < 1.29 is 9.90 Å². The van der Waals surface area contributed by atoms with Crippen LogP contribution in [-0.2, 0) is 11.3 Å². The molecule has 2 heterocycles. The zero-order valence-electron chi connectivity index (χ0n) is 7.29. The standard InChI is InChI=1S/C7H5ClN4O2S/c8-5-2-1-4(15-5)7-9-10-11-12(7)3-6(13)14/h1-2H,3H2,(H,13,14). The van der Waals surface area contributed by atoms with Crippen molar-refractivity contribution in [2.45, 2.75) is 6.54 Å². The Morgan fingerprint density at radius 1 is 1.60 bits per heavy atom. The third kappa shape index (κ3) is 2.13. The van der Waals surface area contributed by atoms with Crippen molar-refractivity contribution in [2.24, 2.45) is 0 Å². The first-order valence-electron chi connectivity index (χ1n) is 3.90. The van der Waals surface area contributed by atoms with E-state index in [9.17, 15) is 4.79 Å². The number of aliphatic carboxylic acids is 1. The van der Waals surface area contributed by atoms with Gasteiger partial charge in [0.2, 0.25) is 0 Å². The lowest BCUT2D eigenvalue weighted by Crippen LogP contribution is -2.11. The summed E-state index contributed by atoms with van der Waals surface area (Å²) in [7, 11) is 0. The second kappa shape index (κ2) is 3.95. The highest BCUT2D eigenvalue weighted by atomic mass is 35.5. The number of carboxylic acids is 1. The minimum Gasteiger partial charge on any atom is -0.480 e. The molecule has 0 unspecified atom stereocenters. The van der Waals surface area contributed by atoms with Gasteiger partial charge in [0.25, 0.3) is 0 Å². The van der Waals surface area contributed by atoms with Gasteiger partial charge in [0.1, 0.15) is 6.54 Å². The fourth-order valence-electron chi connectivity index (χ4n) is 1.05. The molecule has 15 heavy (non-hydrogen) atoms. The van der Waals surface area contributed by atoms with Crippen LogP contribution in [0.25, 0.3) is 10.7 Å². The third-order valence-electron chi connectivity index (χ3n) is 1.61. The molecule has 0 fully saturated rings. The van der Waals surface area contributed by atoms with Crippen LogP contribution >= 0.6 is 22.9 Å². The molecule has 0 atom stereocenters. The lowest BCUT2D eigenvalue weighted by molar-refractivity contribution is -0.137. The van der Waals surface area contributed by atoms with Crippen LogP contribution in [0.15, 0.2) is 12.1 Å². The van der Waals surface area contributed by atoms with Gasteiger partial charge in [-0.05, 0) is 22.6 Å². The summed E-state index contributed by atoms with van der Waals surface area (Å²) in [6, 6.07) is 3.46. The molecule has 6 nitrogen and oxygen atoms in total. The van der Waals surface area contributed by atoms with Crippen molar-refractivity contribution in [2.75, 3.05) is 0 Å². The molecule has 0 amide bonds. The van der Waals surface area contributed by atoms with E-state index in [0.717, 1.165) is 4.88 Å². The van der Waals surface area contributed by atoms with E-state index in [4.69, 9.17) is 16.7 Å². The first-order valence-corrected chi connectivity index (χ1v) is 5.10. The molecule has 2 aromatic heterocycles. The van der Waals surface area contributed by atoms with E-state index in [-0.39, 0.29) is 6.54 Å². The summed E-state index contributed by atoms with van der Waals surface area (Å²) in [6.07, 6.45) is 0. The van der Waals surface area contributed by atoms with Gasteiger partial charge in [-0.3, -0.25) is 4.79 Å². The number of hydrogen-bond donors (Lipinski definition) is 1. The molecule has 2 rings (SSSR count). The first kappa shape index (κ1) is 10.1.